The van der Waals surface area contributed by atoms with Gasteiger partial charge in [-0.2, -0.15) is 5.10 Å². The lowest BCUT2D eigenvalue weighted by Crippen LogP contribution is -2.36. The third-order valence-electron chi connectivity index (χ3n) is 2.78. The lowest BCUT2D eigenvalue weighted by atomic mass is 10.1. The van der Waals surface area contributed by atoms with Crippen molar-refractivity contribution in [3.05, 3.63) is 17.0 Å². The number of nitrogens with one attached hydrogen (secondary N) is 1. The molecule has 1 atom stereocenters. The van der Waals surface area contributed by atoms with Crippen LogP contribution in [0.3, 0.4) is 0 Å². The smallest absolute Gasteiger partial charge is 0.238 e. The molecule has 0 aliphatic carbocycles. The molecule has 1 aromatic rings. The second-order valence-corrected chi connectivity index (χ2v) is 3.89. The fraction of sp³-hybridized carbons (Fsp3) is 0.600. The molecule has 0 saturated heterocycles. The highest BCUT2D eigenvalue weighted by molar-refractivity contribution is 5.77. The van der Waals surface area contributed by atoms with E-state index in [0.29, 0.717) is 6.54 Å². The number of aryl methyl sites for hydroxylation is 1. The topological polar surface area (TPSA) is 72.9 Å². The standard InChI is InChI=1S/C10H18N4O/c1-6(10(15)12-11)5-14-9(4)7(2)8(3)13-14/h6H,5,11H2,1-4H3,(H,12,15). The van der Waals surface area contributed by atoms with Crippen LogP contribution in [-0.4, -0.2) is 15.7 Å². The van der Waals surface area contributed by atoms with E-state index in [1.165, 1.54) is 5.56 Å². The lowest BCUT2D eigenvalue weighted by Gasteiger charge is -2.11. The molecule has 5 nitrogen and oxygen atoms in total. The van der Waals surface area contributed by atoms with Crippen molar-refractivity contribution >= 4 is 5.91 Å². The Kier molecular flexibility index (Phi) is 3.47. The molecule has 3 N–H and O–H groups in total. The summed E-state index contributed by atoms with van der Waals surface area (Å²) in [4.78, 5) is 11.2. The number of hydrogen-bond acceptors (Lipinski definition) is 3. The largest absolute Gasteiger partial charge is 0.294 e. The summed E-state index contributed by atoms with van der Waals surface area (Å²) in [5, 5.41) is 4.36. The highest BCUT2D eigenvalue weighted by Gasteiger charge is 2.15. The highest BCUT2D eigenvalue weighted by Crippen LogP contribution is 2.12. The van der Waals surface area contributed by atoms with Crippen LogP contribution in [-0.2, 0) is 11.3 Å². The molecular weight excluding hydrogens is 192 g/mol. The first-order valence-corrected chi connectivity index (χ1v) is 4.98. The van der Waals surface area contributed by atoms with Crippen LogP contribution in [0.15, 0.2) is 0 Å². The fourth-order valence-corrected chi connectivity index (χ4v) is 1.45. The van der Waals surface area contributed by atoms with Crippen LogP contribution >= 0.6 is 0 Å². The molecule has 0 aromatic carbocycles. The van der Waals surface area contributed by atoms with Gasteiger partial charge in [-0.25, -0.2) is 5.84 Å². The Morgan fingerprint density at radius 1 is 1.53 bits per heavy atom. The van der Waals surface area contributed by atoms with Crippen molar-refractivity contribution in [1.29, 1.82) is 0 Å². The van der Waals surface area contributed by atoms with Crippen LogP contribution in [0.2, 0.25) is 0 Å². The van der Waals surface area contributed by atoms with Crippen molar-refractivity contribution in [2.24, 2.45) is 11.8 Å². The number of hydrogen-bond donors (Lipinski definition) is 2. The van der Waals surface area contributed by atoms with Crippen molar-refractivity contribution in [3.8, 4) is 0 Å². The Balaban J connectivity index is 2.81. The molecule has 1 amide bonds. The first-order valence-electron chi connectivity index (χ1n) is 4.98. The number of amides is 1. The number of aromatic nitrogens is 2. The zero-order chi connectivity index (χ0) is 11.6. The van der Waals surface area contributed by atoms with E-state index in [1.54, 1.807) is 0 Å². The first kappa shape index (κ1) is 11.7. The quantitative estimate of drug-likeness (QED) is 0.432. The van der Waals surface area contributed by atoms with E-state index in [9.17, 15) is 4.79 Å². The van der Waals surface area contributed by atoms with E-state index in [1.807, 2.05) is 32.4 Å². The summed E-state index contributed by atoms with van der Waals surface area (Å²) in [6.45, 7) is 8.38. The van der Waals surface area contributed by atoms with Gasteiger partial charge in [-0.15, -0.1) is 0 Å². The number of carbonyl (C=O) groups excluding carboxylic acids is 1. The average molecular weight is 210 g/mol. The average Bonchev–Trinajstić information content (AvgIpc) is 2.45. The highest BCUT2D eigenvalue weighted by atomic mass is 16.2. The summed E-state index contributed by atoms with van der Waals surface area (Å²) in [6.07, 6.45) is 0. The number of hydrazine groups is 1. The van der Waals surface area contributed by atoms with Crippen molar-refractivity contribution in [2.45, 2.75) is 34.2 Å². The fourth-order valence-electron chi connectivity index (χ4n) is 1.45. The van der Waals surface area contributed by atoms with Crippen molar-refractivity contribution in [3.63, 3.8) is 0 Å². The molecule has 1 unspecified atom stereocenters. The maximum atomic E-state index is 11.2. The molecule has 0 fully saturated rings. The zero-order valence-corrected chi connectivity index (χ0v) is 9.66. The van der Waals surface area contributed by atoms with E-state index in [-0.39, 0.29) is 11.8 Å². The van der Waals surface area contributed by atoms with Crippen molar-refractivity contribution in [1.82, 2.24) is 15.2 Å². The molecule has 5 heteroatoms. The molecular formula is C10H18N4O. The van der Waals surface area contributed by atoms with Gasteiger partial charge in [0.15, 0.2) is 0 Å². The van der Waals surface area contributed by atoms with E-state index in [0.717, 1.165) is 11.4 Å². The number of nitrogens with zero attached hydrogens (tertiary/aromatic N) is 2. The second-order valence-electron chi connectivity index (χ2n) is 3.89. The minimum atomic E-state index is -0.174. The van der Waals surface area contributed by atoms with Gasteiger partial charge in [0.25, 0.3) is 0 Å². The summed E-state index contributed by atoms with van der Waals surface area (Å²) in [5.41, 5.74) is 5.43. The van der Waals surface area contributed by atoms with Crippen LogP contribution in [0.25, 0.3) is 0 Å². The lowest BCUT2D eigenvalue weighted by molar-refractivity contribution is -0.125. The van der Waals surface area contributed by atoms with Gasteiger partial charge in [-0.1, -0.05) is 6.92 Å². The van der Waals surface area contributed by atoms with E-state index in [4.69, 9.17) is 5.84 Å². The minimum absolute atomic E-state index is 0.166. The summed E-state index contributed by atoms with van der Waals surface area (Å²) < 4.78 is 1.85. The Labute approximate surface area is 89.6 Å². The second kappa shape index (κ2) is 4.44. The monoisotopic (exact) mass is 210 g/mol. The Bertz CT molecular complexity index is 370. The molecule has 0 radical (unpaired) electrons. The Morgan fingerprint density at radius 2 is 2.13 bits per heavy atom. The Morgan fingerprint density at radius 3 is 2.53 bits per heavy atom. The summed E-state index contributed by atoms with van der Waals surface area (Å²) >= 11 is 0. The SMILES string of the molecule is Cc1nn(CC(C)C(=O)NN)c(C)c1C. The first-order chi connectivity index (χ1) is 6.97. The molecule has 0 saturated carbocycles. The normalized spacial score (nSPS) is 12.6. The molecule has 15 heavy (non-hydrogen) atoms. The van der Waals surface area contributed by atoms with Gasteiger partial charge in [0.1, 0.15) is 0 Å². The summed E-state index contributed by atoms with van der Waals surface area (Å²) in [7, 11) is 0. The van der Waals surface area contributed by atoms with Crippen LogP contribution < -0.4 is 11.3 Å². The van der Waals surface area contributed by atoms with Crippen LogP contribution in [0.1, 0.15) is 23.9 Å². The Hall–Kier alpha value is -1.36. The van der Waals surface area contributed by atoms with Gasteiger partial charge in [-0.3, -0.25) is 14.9 Å². The molecule has 84 valence electrons. The predicted molar refractivity (Wildman–Crippen MR) is 57.9 cm³/mol. The van der Waals surface area contributed by atoms with Crippen LogP contribution in [0.5, 0.6) is 0 Å². The molecule has 1 aromatic heterocycles. The molecule has 0 bridgehead atoms. The van der Waals surface area contributed by atoms with Gasteiger partial charge in [0.05, 0.1) is 18.2 Å². The summed E-state index contributed by atoms with van der Waals surface area (Å²) in [6, 6.07) is 0. The van der Waals surface area contributed by atoms with E-state index >= 15 is 0 Å². The van der Waals surface area contributed by atoms with Gasteiger partial charge < -0.3 is 0 Å². The van der Waals surface area contributed by atoms with Gasteiger partial charge in [-0.05, 0) is 26.3 Å². The van der Waals surface area contributed by atoms with Crippen molar-refractivity contribution in [2.75, 3.05) is 0 Å². The van der Waals surface area contributed by atoms with Crippen LogP contribution in [0.4, 0.5) is 0 Å². The van der Waals surface area contributed by atoms with Gasteiger partial charge in [0.2, 0.25) is 5.91 Å². The molecule has 0 spiro atoms. The molecule has 1 rings (SSSR count). The van der Waals surface area contributed by atoms with E-state index < -0.39 is 0 Å². The third-order valence-corrected chi connectivity index (χ3v) is 2.78. The number of carbonyl (C=O) groups is 1. The molecule has 1 heterocycles. The number of nitrogens with two attached hydrogens (primary N) is 1. The third kappa shape index (κ3) is 2.36. The van der Waals surface area contributed by atoms with E-state index in [2.05, 4.69) is 10.5 Å². The van der Waals surface area contributed by atoms with Gasteiger partial charge >= 0.3 is 0 Å². The zero-order valence-electron chi connectivity index (χ0n) is 9.66. The molecule has 0 aliphatic rings. The number of rotatable bonds is 3. The molecule has 0 aliphatic heterocycles. The van der Waals surface area contributed by atoms with Gasteiger partial charge in [0, 0.05) is 5.69 Å². The van der Waals surface area contributed by atoms with Crippen molar-refractivity contribution < 1.29 is 4.79 Å². The predicted octanol–water partition coefficient (Wildman–Crippen LogP) is 0.434. The van der Waals surface area contributed by atoms with Crippen LogP contribution in [0, 0.1) is 26.7 Å². The maximum Gasteiger partial charge on any atom is 0.238 e. The maximum absolute atomic E-state index is 11.2. The summed E-state index contributed by atoms with van der Waals surface area (Å²) in [5.74, 6) is 4.73. The minimum Gasteiger partial charge on any atom is -0.294 e.